The normalized spacial score (nSPS) is 15.1. The van der Waals surface area contributed by atoms with E-state index in [2.05, 4.69) is 26.2 Å². The molecule has 146 valence electrons. The van der Waals surface area contributed by atoms with E-state index in [0.29, 0.717) is 48.3 Å². The zero-order valence-corrected chi connectivity index (χ0v) is 17.9. The molecular formula is C19H24BrN3O3S. The minimum absolute atomic E-state index is 0.00600. The molecule has 1 atom stereocenters. The molecule has 1 fully saturated rings. The second-order valence-electron chi connectivity index (χ2n) is 6.61. The van der Waals surface area contributed by atoms with Gasteiger partial charge in [-0.1, -0.05) is 27.7 Å². The number of carbonyl (C=O) groups excluding carboxylic acids is 1. The van der Waals surface area contributed by atoms with Crippen LogP contribution in [0.4, 0.5) is 0 Å². The summed E-state index contributed by atoms with van der Waals surface area (Å²) in [5.41, 5.74) is 0.552. The van der Waals surface area contributed by atoms with E-state index in [4.69, 9.17) is 4.74 Å². The largest absolute Gasteiger partial charge is 0.382 e. The minimum atomic E-state index is -0.316. The highest BCUT2D eigenvalue weighted by atomic mass is 79.9. The van der Waals surface area contributed by atoms with Gasteiger partial charge < -0.3 is 10.1 Å². The summed E-state index contributed by atoms with van der Waals surface area (Å²) in [6.45, 7) is 5.54. The number of nitrogens with one attached hydrogen (secondary N) is 1. The molecule has 1 aliphatic rings. The van der Waals surface area contributed by atoms with E-state index >= 15 is 0 Å². The number of amides is 1. The first-order valence-corrected chi connectivity index (χ1v) is 10.9. The van der Waals surface area contributed by atoms with Gasteiger partial charge >= 0.3 is 0 Å². The van der Waals surface area contributed by atoms with Gasteiger partial charge in [-0.3, -0.25) is 14.2 Å². The van der Waals surface area contributed by atoms with Crippen molar-refractivity contribution in [2.75, 3.05) is 13.2 Å². The highest BCUT2D eigenvalue weighted by Crippen LogP contribution is 2.26. The molecule has 1 amide bonds. The molecule has 6 nitrogen and oxygen atoms in total. The molecule has 0 spiro atoms. The molecule has 1 aromatic carbocycles. The number of aromatic nitrogens is 2. The van der Waals surface area contributed by atoms with E-state index in [1.807, 2.05) is 26.0 Å². The number of thioether (sulfide) groups is 1. The van der Waals surface area contributed by atoms with Crippen LogP contribution in [0.3, 0.4) is 0 Å². The summed E-state index contributed by atoms with van der Waals surface area (Å²) < 4.78 is 7.90. The number of fused-ring (bicyclic) bond motifs is 1. The quantitative estimate of drug-likeness (QED) is 0.358. The highest BCUT2D eigenvalue weighted by Gasteiger charge is 2.27. The number of carbonyl (C=O) groups is 1. The summed E-state index contributed by atoms with van der Waals surface area (Å²) in [7, 11) is 0. The Bertz CT molecular complexity index is 882. The number of halogens is 1. The third-order valence-corrected chi connectivity index (χ3v) is 5.91. The van der Waals surface area contributed by atoms with Crippen LogP contribution in [0.2, 0.25) is 0 Å². The number of ether oxygens (including phenoxy) is 1. The van der Waals surface area contributed by atoms with Gasteiger partial charge in [-0.25, -0.2) is 4.98 Å². The summed E-state index contributed by atoms with van der Waals surface area (Å²) in [5, 5.41) is 3.84. The standard InChI is InChI=1S/C19H24BrN3O3S/c1-3-26-10-4-9-23-18(25)15-11-13(20)5-8-16(15)22-19(23)27-12(2)17(24)21-14-6-7-14/h5,8,11-12,14H,3-4,6-7,9-10H2,1-2H3,(H,21,24). The van der Waals surface area contributed by atoms with Crippen molar-refractivity contribution >= 4 is 44.5 Å². The molecule has 1 aromatic heterocycles. The van der Waals surface area contributed by atoms with E-state index in [1.165, 1.54) is 11.8 Å². The van der Waals surface area contributed by atoms with Gasteiger partial charge in [0.25, 0.3) is 5.56 Å². The molecule has 1 saturated carbocycles. The van der Waals surface area contributed by atoms with Crippen molar-refractivity contribution in [1.29, 1.82) is 0 Å². The van der Waals surface area contributed by atoms with Crippen molar-refractivity contribution in [2.24, 2.45) is 0 Å². The van der Waals surface area contributed by atoms with Crippen LogP contribution < -0.4 is 10.9 Å². The Hall–Kier alpha value is -1.38. The average molecular weight is 454 g/mol. The SMILES string of the molecule is CCOCCCn1c(SC(C)C(=O)NC2CC2)nc2ccc(Br)cc2c1=O. The highest BCUT2D eigenvalue weighted by molar-refractivity contribution is 9.10. The Morgan fingerprint density at radius 3 is 2.96 bits per heavy atom. The molecule has 0 aliphatic heterocycles. The lowest BCUT2D eigenvalue weighted by molar-refractivity contribution is -0.120. The number of nitrogens with zero attached hydrogens (tertiary/aromatic N) is 2. The van der Waals surface area contributed by atoms with E-state index in [9.17, 15) is 9.59 Å². The Balaban J connectivity index is 1.88. The van der Waals surface area contributed by atoms with E-state index < -0.39 is 0 Å². The van der Waals surface area contributed by atoms with Crippen LogP contribution in [0.25, 0.3) is 10.9 Å². The maximum absolute atomic E-state index is 13.1. The predicted molar refractivity (Wildman–Crippen MR) is 111 cm³/mol. The molecule has 3 rings (SSSR count). The first-order chi connectivity index (χ1) is 13.0. The van der Waals surface area contributed by atoms with E-state index in [-0.39, 0.29) is 16.7 Å². The molecule has 0 saturated heterocycles. The lowest BCUT2D eigenvalue weighted by atomic mass is 10.2. The van der Waals surface area contributed by atoms with Crippen LogP contribution in [-0.2, 0) is 16.1 Å². The summed E-state index contributed by atoms with van der Waals surface area (Å²) in [6, 6.07) is 5.80. The lowest BCUT2D eigenvalue weighted by Crippen LogP contribution is -2.33. The Morgan fingerprint density at radius 2 is 2.26 bits per heavy atom. The summed E-state index contributed by atoms with van der Waals surface area (Å²) in [6.07, 6.45) is 2.81. The van der Waals surface area contributed by atoms with Gasteiger partial charge in [-0.15, -0.1) is 0 Å². The molecule has 1 aliphatic carbocycles. The van der Waals surface area contributed by atoms with Crippen molar-refractivity contribution in [2.45, 2.75) is 56.1 Å². The number of benzene rings is 1. The second kappa shape index (κ2) is 9.21. The van der Waals surface area contributed by atoms with Crippen LogP contribution in [-0.4, -0.2) is 40.0 Å². The van der Waals surface area contributed by atoms with Gasteiger partial charge in [0.2, 0.25) is 5.91 Å². The summed E-state index contributed by atoms with van der Waals surface area (Å²) in [5.74, 6) is -0.00600. The topological polar surface area (TPSA) is 73.2 Å². The van der Waals surface area contributed by atoms with Gasteiger partial charge in [-0.2, -0.15) is 0 Å². The Labute approximate surface area is 171 Å². The van der Waals surface area contributed by atoms with Crippen LogP contribution in [0.1, 0.15) is 33.1 Å². The van der Waals surface area contributed by atoms with Crippen LogP contribution in [0, 0.1) is 0 Å². The Morgan fingerprint density at radius 1 is 1.48 bits per heavy atom. The third kappa shape index (κ3) is 5.33. The molecule has 0 radical (unpaired) electrons. The molecule has 27 heavy (non-hydrogen) atoms. The van der Waals surface area contributed by atoms with E-state index in [0.717, 1.165) is 17.3 Å². The van der Waals surface area contributed by atoms with Gasteiger partial charge in [0.1, 0.15) is 0 Å². The lowest BCUT2D eigenvalue weighted by Gasteiger charge is -2.16. The summed E-state index contributed by atoms with van der Waals surface area (Å²) in [4.78, 5) is 30.1. The smallest absolute Gasteiger partial charge is 0.262 e. The number of hydrogen-bond acceptors (Lipinski definition) is 5. The van der Waals surface area contributed by atoms with Crippen molar-refractivity contribution in [1.82, 2.24) is 14.9 Å². The van der Waals surface area contributed by atoms with Gasteiger partial charge in [0.05, 0.1) is 16.2 Å². The zero-order valence-electron chi connectivity index (χ0n) is 15.5. The number of hydrogen-bond donors (Lipinski definition) is 1. The van der Waals surface area contributed by atoms with Crippen molar-refractivity contribution < 1.29 is 9.53 Å². The van der Waals surface area contributed by atoms with E-state index in [1.54, 1.807) is 10.6 Å². The van der Waals surface area contributed by atoms with Crippen LogP contribution >= 0.6 is 27.7 Å². The molecule has 2 aromatic rings. The van der Waals surface area contributed by atoms with Crippen molar-refractivity contribution in [3.05, 3.63) is 33.0 Å². The van der Waals surface area contributed by atoms with Crippen LogP contribution in [0.5, 0.6) is 0 Å². The van der Waals surface area contributed by atoms with Crippen molar-refractivity contribution in [3.8, 4) is 0 Å². The molecule has 1 N–H and O–H groups in total. The second-order valence-corrected chi connectivity index (χ2v) is 8.83. The predicted octanol–water partition coefficient (Wildman–Crippen LogP) is 3.34. The van der Waals surface area contributed by atoms with Gasteiger partial charge in [-0.05, 0) is 51.3 Å². The molecule has 8 heteroatoms. The maximum atomic E-state index is 13.1. The van der Waals surface area contributed by atoms with Crippen LogP contribution in [0.15, 0.2) is 32.6 Å². The molecule has 1 unspecified atom stereocenters. The maximum Gasteiger partial charge on any atom is 0.262 e. The fourth-order valence-corrected chi connectivity index (χ4v) is 3.99. The Kier molecular flexibility index (Phi) is 6.94. The zero-order chi connectivity index (χ0) is 19.4. The van der Waals surface area contributed by atoms with Gasteiger partial charge in [0.15, 0.2) is 5.16 Å². The fourth-order valence-electron chi connectivity index (χ4n) is 2.69. The fraction of sp³-hybridized carbons (Fsp3) is 0.526. The van der Waals surface area contributed by atoms with Gasteiger partial charge in [0, 0.05) is 30.3 Å². The molecule has 1 heterocycles. The average Bonchev–Trinajstić information content (AvgIpc) is 3.45. The minimum Gasteiger partial charge on any atom is -0.382 e. The third-order valence-electron chi connectivity index (χ3n) is 4.33. The monoisotopic (exact) mass is 453 g/mol. The number of rotatable bonds is 9. The molecule has 0 bridgehead atoms. The van der Waals surface area contributed by atoms with Crippen molar-refractivity contribution in [3.63, 3.8) is 0 Å². The summed E-state index contributed by atoms with van der Waals surface area (Å²) >= 11 is 4.75. The first kappa shape index (κ1) is 20.4. The first-order valence-electron chi connectivity index (χ1n) is 9.24. The molecular weight excluding hydrogens is 430 g/mol.